The van der Waals surface area contributed by atoms with Gasteiger partial charge < -0.3 is 0 Å². The molecule has 2 aromatic rings. The van der Waals surface area contributed by atoms with E-state index in [-0.39, 0.29) is 11.1 Å². The summed E-state index contributed by atoms with van der Waals surface area (Å²) in [6.45, 7) is 0. The van der Waals surface area contributed by atoms with Gasteiger partial charge in [0.05, 0.1) is 43.1 Å². The Morgan fingerprint density at radius 2 is 1.21 bits per heavy atom. The summed E-state index contributed by atoms with van der Waals surface area (Å²) in [5.41, 5.74) is -0.561. The van der Waals surface area contributed by atoms with Gasteiger partial charge in [0.1, 0.15) is 0 Å². The fraction of sp³-hybridized carbons (Fsp3) is 0. The van der Waals surface area contributed by atoms with Gasteiger partial charge in [-0.3, -0.25) is 9.59 Å². The number of fused-ring (bicyclic) bond motifs is 1. The zero-order valence-electron chi connectivity index (χ0n) is 6.78. The molecule has 0 spiro atoms. The molecule has 0 amide bonds. The maximum absolute atomic E-state index is 11.6. The van der Waals surface area contributed by atoms with Crippen molar-refractivity contribution in [3.63, 3.8) is 0 Å². The molecule has 1 aromatic carbocycles. The number of aromatic nitrogens is 2. The first-order valence-corrected chi connectivity index (χ1v) is 5.14. The van der Waals surface area contributed by atoms with Crippen molar-refractivity contribution in [3.8, 4) is 0 Å². The quantitative estimate of drug-likeness (QED) is 0.738. The minimum atomic E-state index is -0.280. The zero-order valence-corrected chi connectivity index (χ0v) is 9.95. The molecule has 0 atom stereocenters. The molecule has 6 heteroatoms. The first kappa shape index (κ1) is 9.67. The molecular weight excluding hydrogens is 316 g/mol. The molecule has 0 saturated heterocycles. The summed E-state index contributed by atoms with van der Waals surface area (Å²) in [6, 6.07) is 6.66. The highest BCUT2D eigenvalue weighted by atomic mass is 79.9. The van der Waals surface area contributed by atoms with Crippen LogP contribution in [-0.4, -0.2) is 7.42 Å². The van der Waals surface area contributed by atoms with E-state index >= 15 is 0 Å². The number of nitrogens with zero attached hydrogens (tertiary/aromatic N) is 2. The maximum atomic E-state index is 11.6. The molecule has 2 rings (SSSR count). The van der Waals surface area contributed by atoms with Crippen molar-refractivity contribution < 1.29 is 0 Å². The average molecular weight is 320 g/mol. The average Bonchev–Trinajstić information content (AvgIpc) is 2.23. The zero-order chi connectivity index (χ0) is 10.3. The van der Waals surface area contributed by atoms with Crippen molar-refractivity contribution in [3.05, 3.63) is 45.0 Å². The maximum Gasteiger partial charge on any atom is 0.284 e. The molecule has 0 radical (unpaired) electrons. The summed E-state index contributed by atoms with van der Waals surface area (Å²) in [6.07, 6.45) is 0. The van der Waals surface area contributed by atoms with E-state index in [0.29, 0.717) is 10.8 Å². The van der Waals surface area contributed by atoms with Gasteiger partial charge in [-0.2, -0.15) is 7.42 Å². The molecule has 72 valence electrons. The van der Waals surface area contributed by atoms with E-state index in [1.54, 1.807) is 24.3 Å². The highest BCUT2D eigenvalue weighted by Crippen LogP contribution is 2.05. The Morgan fingerprint density at radius 3 is 1.57 bits per heavy atom. The Hall–Kier alpha value is -0.880. The highest BCUT2D eigenvalue weighted by molar-refractivity contribution is 9.10. The second kappa shape index (κ2) is 3.36. The van der Waals surface area contributed by atoms with Crippen molar-refractivity contribution in [2.75, 3.05) is 0 Å². The largest absolute Gasteiger partial charge is 0.284 e. The Kier molecular flexibility index (Phi) is 2.32. The van der Waals surface area contributed by atoms with Gasteiger partial charge in [-0.05, 0) is 12.1 Å². The van der Waals surface area contributed by atoms with Crippen LogP contribution in [0.5, 0.6) is 0 Å². The van der Waals surface area contributed by atoms with Gasteiger partial charge in [0.25, 0.3) is 11.1 Å². The molecule has 1 aromatic heterocycles. The fourth-order valence-electron chi connectivity index (χ4n) is 1.21. The number of halogens is 2. The lowest BCUT2D eigenvalue weighted by Gasteiger charge is -2.02. The monoisotopic (exact) mass is 318 g/mol. The number of hydrogen-bond acceptors (Lipinski definition) is 2. The summed E-state index contributed by atoms with van der Waals surface area (Å²) in [4.78, 5) is 23.3. The summed E-state index contributed by atoms with van der Waals surface area (Å²) in [7, 11) is 0. The molecule has 0 unspecified atom stereocenters. The Labute approximate surface area is 95.4 Å². The van der Waals surface area contributed by atoms with Crippen LogP contribution in [0.3, 0.4) is 0 Å². The molecule has 0 fully saturated rings. The topological polar surface area (TPSA) is 44.0 Å². The lowest BCUT2D eigenvalue weighted by molar-refractivity contribution is 0.881. The summed E-state index contributed by atoms with van der Waals surface area (Å²) < 4.78 is 2.08. The molecule has 0 aliphatic rings. The van der Waals surface area contributed by atoms with Crippen LogP contribution >= 0.6 is 32.3 Å². The van der Waals surface area contributed by atoms with E-state index in [4.69, 9.17) is 0 Å². The number of benzene rings is 1. The second-order valence-electron chi connectivity index (χ2n) is 2.68. The first-order chi connectivity index (χ1) is 6.63. The van der Waals surface area contributed by atoms with Crippen LogP contribution in [0.4, 0.5) is 0 Å². The van der Waals surface area contributed by atoms with E-state index in [9.17, 15) is 9.59 Å². The predicted octanol–water partition coefficient (Wildman–Crippen LogP) is 1.48. The lowest BCUT2D eigenvalue weighted by Crippen LogP contribution is -2.29. The Balaban J connectivity index is 3.19. The fourth-order valence-corrected chi connectivity index (χ4v) is 1.88. The molecule has 0 aliphatic carbocycles. The third-order valence-electron chi connectivity index (χ3n) is 1.88. The van der Waals surface area contributed by atoms with Gasteiger partial charge in [0.2, 0.25) is 0 Å². The standard InChI is InChI=1S/C8H4Br2N2O2/c9-11-7(13)5-3-1-2-4-6(5)8(14)12(11)10/h1-4H. The molecule has 0 saturated carbocycles. The molecule has 14 heavy (non-hydrogen) atoms. The van der Waals surface area contributed by atoms with Gasteiger partial charge in [0.15, 0.2) is 0 Å². The van der Waals surface area contributed by atoms with E-state index in [2.05, 4.69) is 32.3 Å². The Morgan fingerprint density at radius 1 is 0.857 bits per heavy atom. The lowest BCUT2D eigenvalue weighted by atomic mass is 10.2. The van der Waals surface area contributed by atoms with E-state index in [0.717, 1.165) is 7.42 Å². The van der Waals surface area contributed by atoms with Crippen molar-refractivity contribution in [1.82, 2.24) is 7.42 Å². The summed E-state index contributed by atoms with van der Waals surface area (Å²) >= 11 is 5.94. The molecule has 1 heterocycles. The van der Waals surface area contributed by atoms with Crippen molar-refractivity contribution in [2.45, 2.75) is 0 Å². The van der Waals surface area contributed by atoms with Crippen LogP contribution in [0.2, 0.25) is 0 Å². The minimum Gasteiger partial charge on any atom is -0.266 e. The van der Waals surface area contributed by atoms with E-state index < -0.39 is 0 Å². The van der Waals surface area contributed by atoms with Gasteiger partial charge in [0, 0.05) is 0 Å². The Bertz CT molecular complexity index is 560. The smallest absolute Gasteiger partial charge is 0.266 e. The third kappa shape index (κ3) is 1.26. The van der Waals surface area contributed by atoms with Crippen LogP contribution in [0, 0.1) is 0 Å². The van der Waals surface area contributed by atoms with E-state index in [1.807, 2.05) is 0 Å². The van der Waals surface area contributed by atoms with Crippen molar-refractivity contribution >= 4 is 43.1 Å². The normalized spacial score (nSPS) is 10.7. The van der Waals surface area contributed by atoms with Crippen LogP contribution in [0.1, 0.15) is 0 Å². The van der Waals surface area contributed by atoms with Gasteiger partial charge >= 0.3 is 0 Å². The van der Waals surface area contributed by atoms with E-state index in [1.165, 1.54) is 0 Å². The summed E-state index contributed by atoms with van der Waals surface area (Å²) in [5.74, 6) is 0. The van der Waals surface area contributed by atoms with Crippen LogP contribution in [-0.2, 0) is 0 Å². The van der Waals surface area contributed by atoms with Gasteiger partial charge in [-0.25, -0.2) is 0 Å². The minimum absolute atomic E-state index is 0.280. The van der Waals surface area contributed by atoms with Crippen LogP contribution < -0.4 is 11.1 Å². The van der Waals surface area contributed by atoms with Gasteiger partial charge in [-0.1, -0.05) is 12.1 Å². The predicted molar refractivity (Wildman–Crippen MR) is 61.1 cm³/mol. The summed E-state index contributed by atoms with van der Waals surface area (Å²) in [5, 5.41) is 0.787. The molecule has 4 nitrogen and oxygen atoms in total. The number of hydrogen-bond donors (Lipinski definition) is 0. The van der Waals surface area contributed by atoms with Crippen molar-refractivity contribution in [1.29, 1.82) is 0 Å². The first-order valence-electron chi connectivity index (χ1n) is 3.72. The molecule has 0 aliphatic heterocycles. The molecular formula is C8H4Br2N2O2. The molecule has 0 N–H and O–H groups in total. The van der Waals surface area contributed by atoms with Crippen LogP contribution in [0.25, 0.3) is 10.8 Å². The van der Waals surface area contributed by atoms with Gasteiger partial charge in [-0.15, -0.1) is 0 Å². The number of rotatable bonds is 0. The van der Waals surface area contributed by atoms with Crippen molar-refractivity contribution in [2.24, 2.45) is 0 Å². The highest BCUT2D eigenvalue weighted by Gasteiger charge is 2.08. The second-order valence-corrected chi connectivity index (χ2v) is 4.02. The SMILES string of the molecule is O=c1c2ccccc2c(=O)n(Br)n1Br. The molecule has 0 bridgehead atoms. The van der Waals surface area contributed by atoms with Crippen LogP contribution in [0.15, 0.2) is 33.9 Å². The third-order valence-corrected chi connectivity index (χ3v) is 3.58.